The number of ether oxygens (including phenoxy) is 1. The van der Waals surface area contributed by atoms with Crippen molar-refractivity contribution < 1.29 is 14.6 Å². The summed E-state index contributed by atoms with van der Waals surface area (Å²) in [6, 6.07) is 9.43. The van der Waals surface area contributed by atoms with E-state index in [0.29, 0.717) is 29.4 Å². The number of aliphatic hydroxyl groups excluding tert-OH is 1. The molecule has 3 saturated carbocycles. The Kier molecular flexibility index (Phi) is 6.12. The molecule has 0 bridgehead atoms. The van der Waals surface area contributed by atoms with Gasteiger partial charge in [0, 0.05) is 6.61 Å². The fourth-order valence-electron chi connectivity index (χ4n) is 9.88. The molecule has 5 aliphatic carbocycles. The Morgan fingerprint density at radius 2 is 1.68 bits per heavy atom. The zero-order valence-electron chi connectivity index (χ0n) is 24.3. The number of aliphatic hydroxyl groups is 1. The van der Waals surface area contributed by atoms with Crippen molar-refractivity contribution in [3.63, 3.8) is 0 Å². The van der Waals surface area contributed by atoms with Crippen LogP contribution in [0.4, 0.5) is 0 Å². The summed E-state index contributed by atoms with van der Waals surface area (Å²) < 4.78 is 6.03. The molecule has 8 atom stereocenters. The summed E-state index contributed by atoms with van der Waals surface area (Å²) in [5, 5.41) is 10.3. The second-order valence-electron chi connectivity index (χ2n) is 15.1. The maximum absolute atomic E-state index is 12.8. The van der Waals surface area contributed by atoms with Crippen molar-refractivity contribution in [1.82, 2.24) is 0 Å². The fraction of sp³-hybridized carbons (Fsp3) is 0.686. The Morgan fingerprint density at radius 1 is 0.947 bits per heavy atom. The van der Waals surface area contributed by atoms with Gasteiger partial charge in [-0.1, -0.05) is 65.0 Å². The van der Waals surface area contributed by atoms with E-state index in [1.807, 2.05) is 30.3 Å². The topological polar surface area (TPSA) is 46.5 Å². The van der Waals surface area contributed by atoms with Crippen molar-refractivity contribution in [3.8, 4) is 0 Å². The molecule has 3 heteroatoms. The van der Waals surface area contributed by atoms with Gasteiger partial charge in [0.25, 0.3) is 0 Å². The molecule has 0 aromatic heterocycles. The normalized spacial score (nSPS) is 45.9. The van der Waals surface area contributed by atoms with Crippen molar-refractivity contribution in [1.29, 1.82) is 0 Å². The second kappa shape index (κ2) is 8.82. The third-order valence-corrected chi connectivity index (χ3v) is 13.0. The van der Waals surface area contributed by atoms with Crippen LogP contribution in [0.3, 0.4) is 0 Å². The van der Waals surface area contributed by atoms with Crippen molar-refractivity contribution in [2.24, 2.45) is 38.9 Å². The third kappa shape index (κ3) is 3.74. The molecule has 0 spiro atoms. The molecule has 0 radical (unpaired) electrons. The Labute approximate surface area is 230 Å². The molecule has 0 heterocycles. The summed E-state index contributed by atoms with van der Waals surface area (Å²) >= 11 is 0. The van der Waals surface area contributed by atoms with E-state index in [0.717, 1.165) is 44.9 Å². The fourth-order valence-corrected chi connectivity index (χ4v) is 9.88. The van der Waals surface area contributed by atoms with Crippen molar-refractivity contribution in [2.75, 3.05) is 6.61 Å². The maximum atomic E-state index is 12.8. The molecule has 5 aliphatic rings. The molecule has 0 amide bonds. The molecule has 3 fully saturated rings. The first-order valence-electron chi connectivity index (χ1n) is 15.3. The molecule has 6 rings (SSSR count). The standard InChI is InChI=1S/C35H48O3/c1-31(23-36)17-18-32(2)19-20-34(4)28-12-11-25-21-26(38-30(37)24-9-7-6-8-10-24)13-15-33(25,3)27(28)14-16-35(34,5)29(32)22-31/h6-10,12,14,25-26,29,36H,11,13,15-23H2,1-5H3/t25-,26+,29+,31+,32+,33-,34+,35-/m0/s1. The lowest BCUT2D eigenvalue weighted by Gasteiger charge is -2.68. The predicted molar refractivity (Wildman–Crippen MR) is 153 cm³/mol. The lowest BCUT2D eigenvalue weighted by molar-refractivity contribution is -0.148. The average molecular weight is 517 g/mol. The molecule has 1 aromatic carbocycles. The van der Waals surface area contributed by atoms with Gasteiger partial charge in [-0.15, -0.1) is 0 Å². The highest BCUT2D eigenvalue weighted by Gasteiger charge is 2.64. The number of fused-ring (bicyclic) bond motifs is 7. The Bertz CT molecular complexity index is 1170. The van der Waals surface area contributed by atoms with Crippen LogP contribution in [-0.2, 0) is 4.74 Å². The molecule has 0 saturated heterocycles. The molecule has 3 nitrogen and oxygen atoms in total. The van der Waals surface area contributed by atoms with Crippen LogP contribution in [0.1, 0.15) is 109 Å². The third-order valence-electron chi connectivity index (χ3n) is 13.0. The molecule has 38 heavy (non-hydrogen) atoms. The number of allylic oxidation sites excluding steroid dienone is 4. The van der Waals surface area contributed by atoms with Crippen molar-refractivity contribution >= 4 is 5.97 Å². The van der Waals surface area contributed by atoms with E-state index in [-0.39, 0.29) is 33.7 Å². The van der Waals surface area contributed by atoms with Crippen LogP contribution < -0.4 is 0 Å². The molecular weight excluding hydrogens is 468 g/mol. The number of carbonyl (C=O) groups is 1. The highest BCUT2D eigenvalue weighted by molar-refractivity contribution is 5.89. The summed E-state index contributed by atoms with van der Waals surface area (Å²) in [5.41, 5.74) is 4.92. The Hall–Kier alpha value is -1.87. The van der Waals surface area contributed by atoms with Crippen LogP contribution in [0.25, 0.3) is 0 Å². The minimum Gasteiger partial charge on any atom is -0.459 e. The van der Waals surface area contributed by atoms with Gasteiger partial charge in [-0.25, -0.2) is 4.79 Å². The second-order valence-corrected chi connectivity index (χ2v) is 15.1. The van der Waals surface area contributed by atoms with Gasteiger partial charge >= 0.3 is 5.97 Å². The van der Waals surface area contributed by atoms with Gasteiger partial charge in [-0.2, -0.15) is 0 Å². The monoisotopic (exact) mass is 516 g/mol. The minimum atomic E-state index is -0.181. The van der Waals surface area contributed by atoms with Crippen LogP contribution in [0.5, 0.6) is 0 Å². The summed E-state index contributed by atoms with van der Waals surface area (Å²) in [4.78, 5) is 12.8. The lowest BCUT2D eigenvalue weighted by atomic mass is 9.36. The van der Waals surface area contributed by atoms with E-state index < -0.39 is 0 Å². The molecule has 1 aromatic rings. The average Bonchev–Trinajstić information content (AvgIpc) is 2.91. The number of hydrogen-bond donors (Lipinski definition) is 1. The minimum absolute atomic E-state index is 0.00885. The number of hydrogen-bond acceptors (Lipinski definition) is 3. The van der Waals surface area contributed by atoms with Gasteiger partial charge < -0.3 is 9.84 Å². The van der Waals surface area contributed by atoms with E-state index in [9.17, 15) is 9.90 Å². The highest BCUT2D eigenvalue weighted by Crippen LogP contribution is 2.73. The number of esters is 1. The molecule has 0 aliphatic heterocycles. The molecule has 0 unspecified atom stereocenters. The van der Waals surface area contributed by atoms with Crippen molar-refractivity contribution in [2.45, 2.75) is 105 Å². The zero-order valence-corrected chi connectivity index (χ0v) is 24.3. The van der Waals surface area contributed by atoms with E-state index in [1.54, 1.807) is 11.1 Å². The van der Waals surface area contributed by atoms with E-state index in [4.69, 9.17) is 4.74 Å². The first kappa shape index (κ1) is 26.4. The van der Waals surface area contributed by atoms with E-state index in [1.165, 1.54) is 19.3 Å². The maximum Gasteiger partial charge on any atom is 0.338 e. The van der Waals surface area contributed by atoms with Crippen LogP contribution >= 0.6 is 0 Å². The van der Waals surface area contributed by atoms with Gasteiger partial charge in [0.05, 0.1) is 5.56 Å². The largest absolute Gasteiger partial charge is 0.459 e. The summed E-state index contributed by atoms with van der Waals surface area (Å²) in [5.74, 6) is 0.977. The summed E-state index contributed by atoms with van der Waals surface area (Å²) in [7, 11) is 0. The lowest BCUT2D eigenvalue weighted by Crippen LogP contribution is -2.60. The summed E-state index contributed by atoms with van der Waals surface area (Å²) in [6.45, 7) is 12.9. The van der Waals surface area contributed by atoms with Gasteiger partial charge in [-0.3, -0.25) is 0 Å². The van der Waals surface area contributed by atoms with Crippen LogP contribution in [0, 0.1) is 38.9 Å². The Morgan fingerprint density at radius 3 is 2.42 bits per heavy atom. The van der Waals surface area contributed by atoms with Gasteiger partial charge in [0.1, 0.15) is 6.10 Å². The Balaban J connectivity index is 1.27. The molecule has 1 N–H and O–H groups in total. The van der Waals surface area contributed by atoms with Crippen LogP contribution in [0.15, 0.2) is 53.6 Å². The number of rotatable bonds is 3. The molecular formula is C35H48O3. The zero-order chi connectivity index (χ0) is 27.0. The summed E-state index contributed by atoms with van der Waals surface area (Å²) in [6.07, 6.45) is 16.6. The van der Waals surface area contributed by atoms with E-state index >= 15 is 0 Å². The highest BCUT2D eigenvalue weighted by atomic mass is 16.5. The van der Waals surface area contributed by atoms with Crippen molar-refractivity contribution in [3.05, 3.63) is 59.2 Å². The van der Waals surface area contributed by atoms with Gasteiger partial charge in [-0.05, 0) is 126 Å². The predicted octanol–water partition coefficient (Wildman–Crippen LogP) is 8.29. The SMILES string of the molecule is C[C@@]1(CO)CC[C@]2(C)CC[C@]3(C)C4=CC[C@H]5C[C@H](OC(=O)c6ccccc6)CC[C@]5(C)C4=CC[C@@]3(C)[C@@H]2C1. The molecule has 206 valence electrons. The van der Waals surface area contributed by atoms with Gasteiger partial charge in [0.15, 0.2) is 0 Å². The number of carbonyl (C=O) groups excluding carboxylic acids is 1. The quantitative estimate of drug-likeness (QED) is 0.411. The smallest absolute Gasteiger partial charge is 0.338 e. The van der Waals surface area contributed by atoms with E-state index in [2.05, 4.69) is 46.8 Å². The van der Waals surface area contributed by atoms with Crippen LogP contribution in [0.2, 0.25) is 0 Å². The van der Waals surface area contributed by atoms with Crippen LogP contribution in [-0.4, -0.2) is 23.8 Å². The van der Waals surface area contributed by atoms with Gasteiger partial charge in [0.2, 0.25) is 0 Å². The first-order chi connectivity index (χ1) is 18.0. The first-order valence-corrected chi connectivity index (χ1v) is 15.3. The number of benzene rings is 1.